The van der Waals surface area contributed by atoms with Crippen LogP contribution in [-0.2, 0) is 24.5 Å². The minimum atomic E-state index is -0.863. The van der Waals surface area contributed by atoms with E-state index >= 15 is 0 Å². The van der Waals surface area contributed by atoms with Gasteiger partial charge in [0.05, 0.1) is 24.5 Å². The number of ether oxygens (including phenoxy) is 2. The first kappa shape index (κ1) is 19.7. The second-order valence-corrected chi connectivity index (χ2v) is 7.95. The summed E-state index contributed by atoms with van der Waals surface area (Å²) in [5.41, 5.74) is 1.45. The van der Waals surface area contributed by atoms with Crippen molar-refractivity contribution in [3.63, 3.8) is 0 Å². The van der Waals surface area contributed by atoms with E-state index in [2.05, 4.69) is 55.0 Å². The normalized spacial score (nSPS) is 26.4. The number of rotatable bonds is 8. The lowest BCUT2D eigenvalue weighted by molar-refractivity contribution is -0.154. The Balaban J connectivity index is 1.64. The molecule has 2 aromatic rings. The van der Waals surface area contributed by atoms with Crippen molar-refractivity contribution >= 4 is 11.9 Å². The maximum Gasteiger partial charge on any atom is 0.313 e. The molecule has 0 heterocycles. The van der Waals surface area contributed by atoms with Crippen LogP contribution >= 0.6 is 0 Å². The molecule has 0 spiro atoms. The summed E-state index contributed by atoms with van der Waals surface area (Å²) in [6.07, 6.45) is 3.48. The van der Waals surface area contributed by atoms with E-state index in [0.717, 1.165) is 6.42 Å². The second kappa shape index (κ2) is 7.66. The molecule has 0 aromatic heterocycles. The maximum atomic E-state index is 12.8. The molecule has 2 fully saturated rings. The molecule has 4 nitrogen and oxygen atoms in total. The summed E-state index contributed by atoms with van der Waals surface area (Å²) in [7, 11) is 0. The molecule has 4 rings (SSSR count). The molecular formula is C25H27O4. The van der Waals surface area contributed by atoms with Crippen LogP contribution in [0.4, 0.5) is 0 Å². The fraction of sp³-hybridized carbons (Fsp3) is 0.400. The molecular weight excluding hydrogens is 364 g/mol. The lowest BCUT2D eigenvalue weighted by atomic mass is 9.82. The number of carbonyl (C=O) groups excluding carboxylic acids is 2. The van der Waals surface area contributed by atoms with E-state index in [4.69, 9.17) is 9.47 Å². The van der Waals surface area contributed by atoms with Crippen molar-refractivity contribution in [1.82, 2.24) is 0 Å². The summed E-state index contributed by atoms with van der Waals surface area (Å²) < 4.78 is 10.6. The third-order valence-corrected chi connectivity index (χ3v) is 6.32. The molecule has 2 aromatic carbocycles. The van der Waals surface area contributed by atoms with Crippen molar-refractivity contribution in [2.45, 2.75) is 32.1 Å². The van der Waals surface area contributed by atoms with Crippen molar-refractivity contribution in [2.75, 3.05) is 13.2 Å². The highest BCUT2D eigenvalue weighted by molar-refractivity contribution is 5.92. The van der Waals surface area contributed by atoms with Gasteiger partial charge in [-0.1, -0.05) is 60.7 Å². The summed E-state index contributed by atoms with van der Waals surface area (Å²) in [6, 6.07) is 20.8. The summed E-state index contributed by atoms with van der Waals surface area (Å²) in [4.78, 5) is 25.2. The Labute approximate surface area is 172 Å². The topological polar surface area (TPSA) is 52.6 Å². The van der Waals surface area contributed by atoms with Crippen molar-refractivity contribution in [1.29, 1.82) is 0 Å². The van der Waals surface area contributed by atoms with Crippen LogP contribution in [0.2, 0.25) is 0 Å². The second-order valence-electron chi connectivity index (χ2n) is 7.95. The smallest absolute Gasteiger partial charge is 0.313 e. The minimum absolute atomic E-state index is 0.163. The third-order valence-electron chi connectivity index (χ3n) is 6.32. The molecule has 0 N–H and O–H groups in total. The first-order valence-corrected chi connectivity index (χ1v) is 10.4. The standard InChI is InChI=1S/C25H27O4/c1-3-28-22(26)21-17-24(21,23(27)29-4-2)15-20-16-25(20,18-11-7-5-8-12-18)19-13-9-6-10-14-19/h5-15,20-21H,3-4,16-17H2,1-2H3. The van der Waals surface area contributed by atoms with Gasteiger partial charge in [0.25, 0.3) is 0 Å². The summed E-state index contributed by atoms with van der Waals surface area (Å²) in [5, 5.41) is 0. The van der Waals surface area contributed by atoms with Crippen LogP contribution in [0.1, 0.15) is 37.8 Å². The van der Waals surface area contributed by atoms with Crippen molar-refractivity contribution in [2.24, 2.45) is 17.3 Å². The summed E-state index contributed by atoms with van der Waals surface area (Å²) in [6.45, 7) is 4.20. The van der Waals surface area contributed by atoms with Gasteiger partial charge < -0.3 is 9.47 Å². The molecule has 4 heteroatoms. The molecule has 3 unspecified atom stereocenters. The van der Waals surface area contributed by atoms with E-state index in [1.54, 1.807) is 13.8 Å². The molecule has 2 aliphatic rings. The molecule has 2 aliphatic carbocycles. The molecule has 29 heavy (non-hydrogen) atoms. The number of benzene rings is 2. The number of carbonyl (C=O) groups is 2. The Morgan fingerprint density at radius 2 is 1.45 bits per heavy atom. The fourth-order valence-corrected chi connectivity index (χ4v) is 4.71. The van der Waals surface area contributed by atoms with Gasteiger partial charge in [0.15, 0.2) is 0 Å². The molecule has 0 aliphatic heterocycles. The van der Waals surface area contributed by atoms with Crippen LogP contribution in [-0.4, -0.2) is 25.2 Å². The Kier molecular flexibility index (Phi) is 5.20. The summed E-state index contributed by atoms with van der Waals surface area (Å²) in [5.74, 6) is -0.884. The molecule has 0 bridgehead atoms. The first-order valence-electron chi connectivity index (χ1n) is 10.4. The molecule has 3 atom stereocenters. The Morgan fingerprint density at radius 3 is 1.97 bits per heavy atom. The van der Waals surface area contributed by atoms with Crippen molar-refractivity contribution in [3.05, 3.63) is 78.2 Å². The van der Waals surface area contributed by atoms with E-state index in [1.165, 1.54) is 11.1 Å². The van der Waals surface area contributed by atoms with Gasteiger partial charge in [0.1, 0.15) is 0 Å². The van der Waals surface area contributed by atoms with Crippen LogP contribution in [0.15, 0.2) is 60.7 Å². The van der Waals surface area contributed by atoms with Gasteiger partial charge in [-0.3, -0.25) is 9.59 Å². The van der Waals surface area contributed by atoms with Gasteiger partial charge in [0.2, 0.25) is 0 Å². The van der Waals surface area contributed by atoms with Gasteiger partial charge >= 0.3 is 11.9 Å². The van der Waals surface area contributed by atoms with Crippen molar-refractivity contribution < 1.29 is 19.1 Å². The lowest BCUT2D eigenvalue weighted by Crippen LogP contribution is -2.27. The van der Waals surface area contributed by atoms with E-state index in [-0.39, 0.29) is 23.3 Å². The number of esters is 2. The van der Waals surface area contributed by atoms with E-state index < -0.39 is 11.3 Å². The van der Waals surface area contributed by atoms with E-state index in [9.17, 15) is 9.59 Å². The highest BCUT2D eigenvalue weighted by Gasteiger charge is 2.70. The highest BCUT2D eigenvalue weighted by Crippen LogP contribution is 2.67. The van der Waals surface area contributed by atoms with Crippen LogP contribution < -0.4 is 0 Å². The van der Waals surface area contributed by atoms with E-state index in [0.29, 0.717) is 19.6 Å². The highest BCUT2D eigenvalue weighted by atomic mass is 16.5. The molecule has 2 saturated carbocycles. The average Bonchev–Trinajstić information content (AvgIpc) is 3.65. The average molecular weight is 391 g/mol. The fourth-order valence-electron chi connectivity index (χ4n) is 4.71. The SMILES string of the molecule is CCOC(=O)C1CC1([CH]C1CC1(c1ccccc1)c1ccccc1)C(=O)OCC. The molecule has 151 valence electrons. The van der Waals surface area contributed by atoms with Crippen LogP contribution in [0.25, 0.3) is 0 Å². The van der Waals surface area contributed by atoms with Gasteiger partial charge in [-0.2, -0.15) is 0 Å². The quantitative estimate of drug-likeness (QED) is 0.629. The lowest BCUT2D eigenvalue weighted by Gasteiger charge is -2.22. The molecule has 1 radical (unpaired) electrons. The predicted octanol–water partition coefficient (Wildman–Crippen LogP) is 4.33. The van der Waals surface area contributed by atoms with Gasteiger partial charge in [0, 0.05) is 5.41 Å². The molecule has 0 amide bonds. The zero-order valence-corrected chi connectivity index (χ0v) is 17.0. The minimum Gasteiger partial charge on any atom is -0.466 e. The van der Waals surface area contributed by atoms with Gasteiger partial charge in [-0.15, -0.1) is 0 Å². The van der Waals surface area contributed by atoms with E-state index in [1.807, 2.05) is 12.1 Å². The Hall–Kier alpha value is -2.62. The van der Waals surface area contributed by atoms with Crippen LogP contribution in [0.3, 0.4) is 0 Å². The third kappa shape index (κ3) is 3.35. The largest absolute Gasteiger partial charge is 0.466 e. The van der Waals surface area contributed by atoms with Gasteiger partial charge in [-0.05, 0) is 50.2 Å². The zero-order valence-electron chi connectivity index (χ0n) is 17.0. The Bertz CT molecular complexity index is 837. The van der Waals surface area contributed by atoms with Crippen LogP contribution in [0.5, 0.6) is 0 Å². The number of hydrogen-bond acceptors (Lipinski definition) is 4. The molecule has 0 saturated heterocycles. The maximum absolute atomic E-state index is 12.8. The Morgan fingerprint density at radius 1 is 0.897 bits per heavy atom. The monoisotopic (exact) mass is 391 g/mol. The van der Waals surface area contributed by atoms with Crippen molar-refractivity contribution in [3.8, 4) is 0 Å². The zero-order chi connectivity index (χ0) is 20.5. The van der Waals surface area contributed by atoms with Crippen LogP contribution in [0, 0.1) is 23.7 Å². The number of hydrogen-bond donors (Lipinski definition) is 0. The predicted molar refractivity (Wildman–Crippen MR) is 110 cm³/mol. The summed E-state index contributed by atoms with van der Waals surface area (Å²) >= 11 is 0. The first-order chi connectivity index (χ1) is 14.1. The van der Waals surface area contributed by atoms with Gasteiger partial charge in [-0.25, -0.2) is 0 Å².